The average molecular weight is 438 g/mol. The summed E-state index contributed by atoms with van der Waals surface area (Å²) in [6.45, 7) is 5.89. The minimum atomic E-state index is 0.00247. The van der Waals surface area contributed by atoms with E-state index in [9.17, 15) is 4.79 Å². The Bertz CT molecular complexity index is 819. The lowest BCUT2D eigenvalue weighted by Gasteiger charge is -2.39. The smallest absolute Gasteiger partial charge is 0.253 e. The Kier molecular flexibility index (Phi) is 8.32. The van der Waals surface area contributed by atoms with E-state index in [1.165, 1.54) is 70.9 Å². The molecule has 0 spiro atoms. The Morgan fingerprint density at radius 3 is 2.84 bits per heavy atom. The van der Waals surface area contributed by atoms with Gasteiger partial charge in [0.25, 0.3) is 5.91 Å². The number of nitrogens with one attached hydrogen (secondary N) is 1. The Morgan fingerprint density at radius 1 is 1.16 bits per heavy atom. The molecule has 1 aliphatic carbocycles. The van der Waals surface area contributed by atoms with Crippen LogP contribution in [0.15, 0.2) is 37.1 Å². The standard InChI is InChI=1S/C26H39N5O/c1-2-3-4-8-21-9-7-15-30(18-21)19-23-10-5-6-11-24(23)29-26(32)22-12-13-25(28-17-22)31-16-14-27-20-31/h12-14,16-17,20-21,23-24H,2-11,15,18-19H2,1H3,(H,29,32)/t21-,23-,24+/m0/s1. The van der Waals surface area contributed by atoms with Crippen molar-refractivity contribution < 1.29 is 4.79 Å². The van der Waals surface area contributed by atoms with Gasteiger partial charge in [0.05, 0.1) is 5.56 Å². The summed E-state index contributed by atoms with van der Waals surface area (Å²) in [5.41, 5.74) is 0.632. The molecule has 0 unspecified atom stereocenters. The zero-order valence-electron chi connectivity index (χ0n) is 19.6. The van der Waals surface area contributed by atoms with Crippen molar-refractivity contribution in [2.45, 2.75) is 77.2 Å². The molecule has 32 heavy (non-hydrogen) atoms. The van der Waals surface area contributed by atoms with Crippen LogP contribution in [0.5, 0.6) is 0 Å². The van der Waals surface area contributed by atoms with Crippen molar-refractivity contribution in [1.29, 1.82) is 0 Å². The third-order valence-corrected chi connectivity index (χ3v) is 7.32. The van der Waals surface area contributed by atoms with Crippen LogP contribution in [-0.4, -0.2) is 51.0 Å². The van der Waals surface area contributed by atoms with Crippen LogP contribution in [0.2, 0.25) is 0 Å². The van der Waals surface area contributed by atoms with E-state index in [-0.39, 0.29) is 11.9 Å². The molecule has 2 fully saturated rings. The second-order valence-corrected chi connectivity index (χ2v) is 9.76. The normalized spacial score (nSPS) is 24.3. The van der Waals surface area contributed by atoms with Gasteiger partial charge in [0, 0.05) is 37.7 Å². The molecule has 6 nitrogen and oxygen atoms in total. The fraction of sp³-hybridized carbons (Fsp3) is 0.654. The van der Waals surface area contributed by atoms with Crippen LogP contribution in [-0.2, 0) is 0 Å². The van der Waals surface area contributed by atoms with E-state index in [2.05, 4.69) is 27.1 Å². The SMILES string of the molecule is CCCCC[C@H]1CCCN(C[C@@H]2CCCC[C@H]2NC(=O)c2ccc(-n3ccnc3)nc2)C1. The minimum absolute atomic E-state index is 0.00247. The second kappa shape index (κ2) is 11.6. The lowest BCUT2D eigenvalue weighted by atomic mass is 9.83. The van der Waals surface area contributed by atoms with Crippen LogP contribution in [0.1, 0.15) is 81.5 Å². The molecule has 2 aliphatic rings. The molecule has 1 saturated carbocycles. The fourth-order valence-corrected chi connectivity index (χ4v) is 5.50. The lowest BCUT2D eigenvalue weighted by Crippen LogP contribution is -2.48. The summed E-state index contributed by atoms with van der Waals surface area (Å²) in [6.07, 6.45) is 19.9. The highest BCUT2D eigenvalue weighted by Crippen LogP contribution is 2.28. The summed E-state index contributed by atoms with van der Waals surface area (Å²) in [7, 11) is 0. The monoisotopic (exact) mass is 437 g/mol. The van der Waals surface area contributed by atoms with Crippen molar-refractivity contribution in [2.24, 2.45) is 11.8 Å². The van der Waals surface area contributed by atoms with Crippen LogP contribution in [0.4, 0.5) is 0 Å². The van der Waals surface area contributed by atoms with Crippen LogP contribution in [0.3, 0.4) is 0 Å². The van der Waals surface area contributed by atoms with Gasteiger partial charge in [-0.1, -0.05) is 39.0 Å². The molecule has 174 valence electrons. The van der Waals surface area contributed by atoms with Gasteiger partial charge in [-0.2, -0.15) is 0 Å². The van der Waals surface area contributed by atoms with Crippen molar-refractivity contribution in [3.63, 3.8) is 0 Å². The molecule has 1 amide bonds. The van der Waals surface area contributed by atoms with E-state index in [1.54, 1.807) is 18.7 Å². The van der Waals surface area contributed by atoms with Crippen molar-refractivity contribution >= 4 is 5.91 Å². The molecule has 0 bridgehead atoms. The number of hydrogen-bond donors (Lipinski definition) is 1. The van der Waals surface area contributed by atoms with Gasteiger partial charge in [0.2, 0.25) is 0 Å². The minimum Gasteiger partial charge on any atom is -0.349 e. The Hall–Kier alpha value is -2.21. The predicted octanol–water partition coefficient (Wildman–Crippen LogP) is 4.85. The first-order chi connectivity index (χ1) is 15.7. The first kappa shape index (κ1) is 23.0. The topological polar surface area (TPSA) is 63.1 Å². The molecule has 1 saturated heterocycles. The molecule has 0 aromatic carbocycles. The predicted molar refractivity (Wildman–Crippen MR) is 128 cm³/mol. The largest absolute Gasteiger partial charge is 0.349 e. The molecule has 2 aromatic rings. The van der Waals surface area contributed by atoms with Gasteiger partial charge in [-0.3, -0.25) is 9.36 Å². The Balaban J connectivity index is 1.31. The first-order valence-electron chi connectivity index (χ1n) is 12.7. The average Bonchev–Trinajstić information content (AvgIpc) is 3.36. The zero-order chi connectivity index (χ0) is 22.2. The summed E-state index contributed by atoms with van der Waals surface area (Å²) < 4.78 is 1.84. The van der Waals surface area contributed by atoms with Gasteiger partial charge in [-0.05, 0) is 62.6 Å². The molecule has 6 heteroatoms. The molecule has 3 heterocycles. The highest BCUT2D eigenvalue weighted by atomic mass is 16.1. The summed E-state index contributed by atoms with van der Waals surface area (Å²) in [6, 6.07) is 4.01. The van der Waals surface area contributed by atoms with E-state index in [0.29, 0.717) is 11.5 Å². The van der Waals surface area contributed by atoms with Crippen LogP contribution < -0.4 is 5.32 Å². The maximum Gasteiger partial charge on any atom is 0.253 e. The number of piperidine rings is 1. The molecular weight excluding hydrogens is 398 g/mol. The number of amides is 1. The molecular formula is C26H39N5O. The number of hydrogen-bond acceptors (Lipinski definition) is 4. The lowest BCUT2D eigenvalue weighted by molar-refractivity contribution is 0.0852. The molecule has 2 aromatic heterocycles. The number of carbonyl (C=O) groups excluding carboxylic acids is 1. The van der Waals surface area contributed by atoms with Gasteiger partial charge in [-0.15, -0.1) is 0 Å². The number of nitrogens with zero attached hydrogens (tertiary/aromatic N) is 4. The van der Waals surface area contributed by atoms with Gasteiger partial charge in [-0.25, -0.2) is 9.97 Å². The summed E-state index contributed by atoms with van der Waals surface area (Å²) in [5, 5.41) is 3.36. The van der Waals surface area contributed by atoms with Gasteiger partial charge >= 0.3 is 0 Å². The molecule has 4 rings (SSSR count). The zero-order valence-corrected chi connectivity index (χ0v) is 19.6. The fourth-order valence-electron chi connectivity index (χ4n) is 5.50. The highest BCUT2D eigenvalue weighted by molar-refractivity contribution is 5.94. The first-order valence-corrected chi connectivity index (χ1v) is 12.7. The van der Waals surface area contributed by atoms with Crippen molar-refractivity contribution in [1.82, 2.24) is 24.8 Å². The van der Waals surface area contributed by atoms with E-state index < -0.39 is 0 Å². The van der Waals surface area contributed by atoms with Crippen molar-refractivity contribution in [3.8, 4) is 5.82 Å². The number of likely N-dealkylation sites (tertiary alicyclic amines) is 1. The van der Waals surface area contributed by atoms with E-state index in [1.807, 2.05) is 22.9 Å². The number of carbonyl (C=O) groups is 1. The van der Waals surface area contributed by atoms with Crippen molar-refractivity contribution in [2.75, 3.05) is 19.6 Å². The Morgan fingerprint density at radius 2 is 2.06 bits per heavy atom. The van der Waals surface area contributed by atoms with Gasteiger partial charge in [0.15, 0.2) is 0 Å². The molecule has 1 N–H and O–H groups in total. The van der Waals surface area contributed by atoms with E-state index in [4.69, 9.17) is 0 Å². The van der Waals surface area contributed by atoms with Gasteiger partial charge < -0.3 is 10.2 Å². The van der Waals surface area contributed by atoms with Crippen LogP contribution >= 0.6 is 0 Å². The summed E-state index contributed by atoms with van der Waals surface area (Å²) in [5.74, 6) is 2.20. The third-order valence-electron chi connectivity index (χ3n) is 7.32. The van der Waals surface area contributed by atoms with Crippen LogP contribution in [0.25, 0.3) is 5.82 Å². The van der Waals surface area contributed by atoms with Crippen molar-refractivity contribution in [3.05, 3.63) is 42.6 Å². The second-order valence-electron chi connectivity index (χ2n) is 9.76. The number of imidazole rings is 1. The molecule has 1 aliphatic heterocycles. The maximum absolute atomic E-state index is 13.0. The number of aromatic nitrogens is 3. The summed E-state index contributed by atoms with van der Waals surface area (Å²) in [4.78, 5) is 24.1. The highest BCUT2D eigenvalue weighted by Gasteiger charge is 2.30. The quantitative estimate of drug-likeness (QED) is 0.570. The van der Waals surface area contributed by atoms with E-state index >= 15 is 0 Å². The van der Waals surface area contributed by atoms with Gasteiger partial charge in [0.1, 0.15) is 12.1 Å². The number of pyridine rings is 1. The third kappa shape index (κ3) is 6.18. The van der Waals surface area contributed by atoms with E-state index in [0.717, 1.165) is 24.7 Å². The molecule has 3 atom stereocenters. The number of rotatable bonds is 9. The Labute approximate surface area is 192 Å². The maximum atomic E-state index is 13.0. The number of unbranched alkanes of at least 4 members (excludes halogenated alkanes) is 2. The molecule has 0 radical (unpaired) electrons. The van der Waals surface area contributed by atoms with Crippen LogP contribution in [0, 0.1) is 11.8 Å². The summed E-state index contributed by atoms with van der Waals surface area (Å²) >= 11 is 0.